The Kier molecular flexibility index (Phi) is 3.72. The molecule has 1 aromatic carbocycles. The molecular weight excluding hydrogens is 372 g/mol. The van der Waals surface area contributed by atoms with Gasteiger partial charge in [0.2, 0.25) is 5.88 Å². The van der Waals surface area contributed by atoms with E-state index < -0.39 is 0 Å². The van der Waals surface area contributed by atoms with Gasteiger partial charge in [0, 0.05) is 21.0 Å². The predicted molar refractivity (Wildman–Crippen MR) is 94.3 cm³/mol. The van der Waals surface area contributed by atoms with Gasteiger partial charge in [-0.3, -0.25) is 10.1 Å². The molecule has 24 heavy (non-hydrogen) atoms. The van der Waals surface area contributed by atoms with Crippen LogP contribution < -0.4 is 5.32 Å². The third kappa shape index (κ3) is 2.55. The van der Waals surface area contributed by atoms with Crippen LogP contribution in [0.2, 0.25) is 0 Å². The summed E-state index contributed by atoms with van der Waals surface area (Å²) in [5.74, 6) is 1.01. The molecule has 0 spiro atoms. The number of aromatic nitrogens is 1. The summed E-state index contributed by atoms with van der Waals surface area (Å²) in [5.41, 5.74) is 3.46. The van der Waals surface area contributed by atoms with Crippen LogP contribution in [0.15, 0.2) is 31.6 Å². The Morgan fingerprint density at radius 2 is 2.25 bits per heavy atom. The number of anilines is 1. The number of nitrogens with zero attached hydrogens (tertiary/aromatic N) is 1. The predicted octanol–water partition coefficient (Wildman–Crippen LogP) is 4.87. The first kappa shape index (κ1) is 15.4. The van der Waals surface area contributed by atoms with Crippen molar-refractivity contribution in [3.8, 4) is 0 Å². The number of carbonyl (C=O) groups is 1. The van der Waals surface area contributed by atoms with E-state index in [1.54, 1.807) is 0 Å². The molecule has 1 aliphatic carbocycles. The van der Waals surface area contributed by atoms with Crippen molar-refractivity contribution in [2.24, 2.45) is 5.92 Å². The molecule has 0 saturated heterocycles. The van der Waals surface area contributed by atoms with Crippen LogP contribution in [-0.4, -0.2) is 11.1 Å². The van der Waals surface area contributed by atoms with E-state index in [0.717, 1.165) is 45.9 Å². The fourth-order valence-corrected chi connectivity index (χ4v) is 3.61. The maximum atomic E-state index is 12.7. The summed E-state index contributed by atoms with van der Waals surface area (Å²) in [6, 6.07) is 5.69. The molecule has 5 nitrogen and oxygen atoms in total. The molecule has 1 amide bonds. The molecule has 0 saturated carbocycles. The smallest absolute Gasteiger partial charge is 0.294 e. The SMILES string of the molecule is Cc1c(C(=O)Nc2onc3c2CC(C)CC3)oc2ccc(Br)cc12. The van der Waals surface area contributed by atoms with Gasteiger partial charge in [0.05, 0.1) is 5.69 Å². The second-order valence-corrected chi connectivity index (χ2v) is 7.35. The fraction of sp³-hybridized carbons (Fsp3) is 0.333. The van der Waals surface area contributed by atoms with Crippen LogP contribution in [0.1, 0.15) is 40.7 Å². The van der Waals surface area contributed by atoms with Crippen molar-refractivity contribution in [1.82, 2.24) is 5.16 Å². The van der Waals surface area contributed by atoms with Crippen molar-refractivity contribution in [2.45, 2.75) is 33.1 Å². The van der Waals surface area contributed by atoms with E-state index in [4.69, 9.17) is 8.94 Å². The van der Waals surface area contributed by atoms with Crippen LogP contribution in [0.25, 0.3) is 11.0 Å². The number of hydrogen-bond acceptors (Lipinski definition) is 4. The molecule has 1 N–H and O–H groups in total. The molecule has 3 aromatic rings. The molecule has 1 aliphatic rings. The van der Waals surface area contributed by atoms with Crippen LogP contribution >= 0.6 is 15.9 Å². The maximum Gasteiger partial charge on any atom is 0.294 e. The van der Waals surface area contributed by atoms with Gasteiger partial charge < -0.3 is 8.94 Å². The zero-order valence-corrected chi connectivity index (χ0v) is 15.1. The molecule has 1 atom stereocenters. The molecule has 2 aromatic heterocycles. The number of amides is 1. The van der Waals surface area contributed by atoms with E-state index in [1.807, 2.05) is 25.1 Å². The van der Waals surface area contributed by atoms with Crippen molar-refractivity contribution < 1.29 is 13.7 Å². The first-order chi connectivity index (χ1) is 11.5. The lowest BCUT2D eigenvalue weighted by molar-refractivity contribution is 0.0994. The summed E-state index contributed by atoms with van der Waals surface area (Å²) >= 11 is 3.44. The quantitative estimate of drug-likeness (QED) is 0.679. The number of carbonyl (C=O) groups excluding carboxylic acids is 1. The Bertz CT molecular complexity index is 941. The molecule has 0 aliphatic heterocycles. The Balaban J connectivity index is 1.66. The van der Waals surface area contributed by atoms with E-state index in [0.29, 0.717) is 23.1 Å². The fourth-order valence-electron chi connectivity index (χ4n) is 3.25. The first-order valence-corrected chi connectivity index (χ1v) is 8.79. The number of aryl methyl sites for hydroxylation is 2. The van der Waals surface area contributed by atoms with Gasteiger partial charge in [0.1, 0.15) is 5.58 Å². The molecule has 6 heteroatoms. The monoisotopic (exact) mass is 388 g/mol. The van der Waals surface area contributed by atoms with Crippen molar-refractivity contribution in [1.29, 1.82) is 0 Å². The standard InChI is InChI=1S/C18H17BrN2O3/c1-9-3-5-14-13(7-9)18(24-21-14)20-17(22)16-10(2)12-8-11(19)4-6-15(12)23-16/h4,6,8-9H,3,5,7H2,1-2H3,(H,20,22). The highest BCUT2D eigenvalue weighted by molar-refractivity contribution is 9.10. The van der Waals surface area contributed by atoms with E-state index in [9.17, 15) is 4.79 Å². The van der Waals surface area contributed by atoms with Gasteiger partial charge in [-0.15, -0.1) is 0 Å². The number of furan rings is 1. The van der Waals surface area contributed by atoms with Crippen molar-refractivity contribution in [3.63, 3.8) is 0 Å². The van der Waals surface area contributed by atoms with Crippen LogP contribution in [0.3, 0.4) is 0 Å². The van der Waals surface area contributed by atoms with Crippen LogP contribution in [-0.2, 0) is 12.8 Å². The number of fused-ring (bicyclic) bond motifs is 2. The van der Waals surface area contributed by atoms with Crippen LogP contribution in [0, 0.1) is 12.8 Å². The van der Waals surface area contributed by atoms with Gasteiger partial charge in [-0.2, -0.15) is 0 Å². The second kappa shape index (κ2) is 5.77. The van der Waals surface area contributed by atoms with Crippen molar-refractivity contribution >= 4 is 38.7 Å². The molecule has 4 rings (SSSR count). The van der Waals surface area contributed by atoms with Gasteiger partial charge in [-0.25, -0.2) is 0 Å². The van der Waals surface area contributed by atoms with E-state index in [1.165, 1.54) is 0 Å². The zero-order chi connectivity index (χ0) is 16.8. The number of benzene rings is 1. The van der Waals surface area contributed by atoms with E-state index in [-0.39, 0.29) is 5.91 Å². The lowest BCUT2D eigenvalue weighted by atomic mass is 9.89. The number of halogens is 1. The second-order valence-electron chi connectivity index (χ2n) is 6.44. The molecule has 0 radical (unpaired) electrons. The number of nitrogens with one attached hydrogen (secondary N) is 1. The van der Waals surface area contributed by atoms with Gasteiger partial charge in [0.25, 0.3) is 5.91 Å². The summed E-state index contributed by atoms with van der Waals surface area (Å²) in [4.78, 5) is 12.7. The minimum Gasteiger partial charge on any atom is -0.451 e. The Morgan fingerprint density at radius 3 is 3.08 bits per heavy atom. The number of rotatable bonds is 2. The highest BCUT2D eigenvalue weighted by Gasteiger charge is 2.26. The highest BCUT2D eigenvalue weighted by atomic mass is 79.9. The normalized spacial score (nSPS) is 17.0. The Labute approximate surface area is 147 Å². The molecule has 2 heterocycles. The third-order valence-corrected chi connectivity index (χ3v) is 5.12. The summed E-state index contributed by atoms with van der Waals surface area (Å²) in [6.45, 7) is 4.08. The van der Waals surface area contributed by atoms with Crippen molar-refractivity contribution in [3.05, 3.63) is 45.3 Å². The highest BCUT2D eigenvalue weighted by Crippen LogP contribution is 2.32. The average molecular weight is 389 g/mol. The van der Waals surface area contributed by atoms with Gasteiger partial charge in [-0.05, 0) is 50.3 Å². The van der Waals surface area contributed by atoms with Gasteiger partial charge in [-0.1, -0.05) is 28.0 Å². The molecule has 124 valence electrons. The van der Waals surface area contributed by atoms with Gasteiger partial charge in [0.15, 0.2) is 5.76 Å². The largest absolute Gasteiger partial charge is 0.451 e. The summed E-state index contributed by atoms with van der Waals surface area (Å²) in [6.07, 6.45) is 2.87. The lowest BCUT2D eigenvalue weighted by Crippen LogP contribution is -2.16. The maximum absolute atomic E-state index is 12.7. The Morgan fingerprint density at radius 1 is 1.42 bits per heavy atom. The summed E-state index contributed by atoms with van der Waals surface area (Å²) < 4.78 is 12.0. The molecule has 0 fully saturated rings. The zero-order valence-electron chi connectivity index (χ0n) is 13.5. The van der Waals surface area contributed by atoms with Gasteiger partial charge >= 0.3 is 0 Å². The topological polar surface area (TPSA) is 68.3 Å². The number of hydrogen-bond donors (Lipinski definition) is 1. The lowest BCUT2D eigenvalue weighted by Gasteiger charge is -2.16. The molecule has 1 unspecified atom stereocenters. The van der Waals surface area contributed by atoms with E-state index in [2.05, 4.69) is 33.3 Å². The van der Waals surface area contributed by atoms with Crippen LogP contribution in [0.4, 0.5) is 5.88 Å². The molecule has 0 bridgehead atoms. The third-order valence-electron chi connectivity index (χ3n) is 4.63. The first-order valence-electron chi connectivity index (χ1n) is 8.00. The minimum absolute atomic E-state index is 0.303. The average Bonchev–Trinajstić information content (AvgIpc) is 3.09. The summed E-state index contributed by atoms with van der Waals surface area (Å²) in [7, 11) is 0. The summed E-state index contributed by atoms with van der Waals surface area (Å²) in [5, 5.41) is 7.84. The minimum atomic E-state index is -0.308. The Hall–Kier alpha value is -2.08. The van der Waals surface area contributed by atoms with Crippen LogP contribution in [0.5, 0.6) is 0 Å². The van der Waals surface area contributed by atoms with Crippen molar-refractivity contribution in [2.75, 3.05) is 5.32 Å². The van der Waals surface area contributed by atoms with E-state index >= 15 is 0 Å². The molecular formula is C18H17BrN2O3.